The van der Waals surface area contributed by atoms with E-state index in [4.69, 9.17) is 4.74 Å². The van der Waals surface area contributed by atoms with E-state index in [0.29, 0.717) is 12.2 Å². The summed E-state index contributed by atoms with van der Waals surface area (Å²) in [4.78, 5) is 14.0. The SMILES string of the molecule is CCOc1ccc(C(=O)CN(C)c2ccc(F)cc2)cc1. The van der Waals surface area contributed by atoms with Gasteiger partial charge in [0.05, 0.1) is 13.2 Å². The van der Waals surface area contributed by atoms with Crippen LogP contribution in [0.15, 0.2) is 48.5 Å². The van der Waals surface area contributed by atoms with Gasteiger partial charge >= 0.3 is 0 Å². The van der Waals surface area contributed by atoms with Gasteiger partial charge in [0.25, 0.3) is 0 Å². The van der Waals surface area contributed by atoms with Crippen LogP contribution in [-0.2, 0) is 0 Å². The first-order valence-corrected chi connectivity index (χ1v) is 6.83. The molecule has 0 aliphatic carbocycles. The van der Waals surface area contributed by atoms with E-state index in [2.05, 4.69) is 0 Å². The average Bonchev–Trinajstić information content (AvgIpc) is 2.49. The normalized spacial score (nSPS) is 10.2. The summed E-state index contributed by atoms with van der Waals surface area (Å²) in [6.45, 7) is 2.75. The van der Waals surface area contributed by atoms with Crippen LogP contribution in [0.2, 0.25) is 0 Å². The lowest BCUT2D eigenvalue weighted by Crippen LogP contribution is -2.25. The lowest BCUT2D eigenvalue weighted by atomic mass is 10.1. The largest absolute Gasteiger partial charge is 0.494 e. The first-order chi connectivity index (χ1) is 10.1. The summed E-state index contributed by atoms with van der Waals surface area (Å²) >= 11 is 0. The van der Waals surface area contributed by atoms with E-state index in [1.165, 1.54) is 12.1 Å². The Morgan fingerprint density at radius 3 is 2.29 bits per heavy atom. The average molecular weight is 287 g/mol. The van der Waals surface area contributed by atoms with E-state index < -0.39 is 0 Å². The molecular weight excluding hydrogens is 269 g/mol. The van der Waals surface area contributed by atoms with Crippen LogP contribution in [0.5, 0.6) is 5.75 Å². The molecular formula is C17H18FNO2. The highest BCUT2D eigenvalue weighted by molar-refractivity contribution is 5.99. The van der Waals surface area contributed by atoms with Crippen molar-refractivity contribution in [2.45, 2.75) is 6.92 Å². The molecule has 0 spiro atoms. The number of benzene rings is 2. The number of nitrogens with zero attached hydrogens (tertiary/aromatic N) is 1. The van der Waals surface area contributed by atoms with Crippen molar-refractivity contribution in [1.82, 2.24) is 0 Å². The van der Waals surface area contributed by atoms with Crippen molar-refractivity contribution in [3.8, 4) is 5.75 Å². The zero-order valence-corrected chi connectivity index (χ0v) is 12.2. The van der Waals surface area contributed by atoms with Gasteiger partial charge in [-0.2, -0.15) is 0 Å². The summed E-state index contributed by atoms with van der Waals surface area (Å²) in [5.41, 5.74) is 1.43. The monoisotopic (exact) mass is 287 g/mol. The van der Waals surface area contributed by atoms with Gasteiger partial charge in [-0.3, -0.25) is 4.79 Å². The zero-order chi connectivity index (χ0) is 15.2. The van der Waals surface area contributed by atoms with E-state index in [1.807, 2.05) is 6.92 Å². The molecule has 0 heterocycles. The van der Waals surface area contributed by atoms with Gasteiger partial charge in [0.15, 0.2) is 5.78 Å². The fourth-order valence-corrected chi connectivity index (χ4v) is 2.00. The third-order valence-electron chi connectivity index (χ3n) is 3.14. The number of hydrogen-bond acceptors (Lipinski definition) is 3. The Morgan fingerprint density at radius 2 is 1.71 bits per heavy atom. The molecule has 2 aromatic rings. The predicted octanol–water partition coefficient (Wildman–Crippen LogP) is 3.54. The molecule has 3 nitrogen and oxygen atoms in total. The maximum absolute atomic E-state index is 12.9. The van der Waals surface area contributed by atoms with Crippen molar-refractivity contribution in [1.29, 1.82) is 0 Å². The number of ether oxygens (including phenoxy) is 1. The van der Waals surface area contributed by atoms with Crippen LogP contribution in [-0.4, -0.2) is 26.0 Å². The summed E-state index contributed by atoms with van der Waals surface area (Å²) in [6.07, 6.45) is 0. The van der Waals surface area contributed by atoms with Crippen LogP contribution in [0, 0.1) is 5.82 Å². The Kier molecular flexibility index (Phi) is 4.93. The fraction of sp³-hybridized carbons (Fsp3) is 0.235. The maximum Gasteiger partial charge on any atom is 0.182 e. The highest BCUT2D eigenvalue weighted by Crippen LogP contribution is 2.16. The first-order valence-electron chi connectivity index (χ1n) is 6.83. The summed E-state index contributed by atoms with van der Waals surface area (Å²) in [7, 11) is 1.81. The zero-order valence-electron chi connectivity index (χ0n) is 12.2. The summed E-state index contributed by atoms with van der Waals surface area (Å²) in [5.74, 6) is 0.468. The van der Waals surface area contributed by atoms with Crippen molar-refractivity contribution >= 4 is 11.5 Å². The predicted molar refractivity (Wildman–Crippen MR) is 81.6 cm³/mol. The third-order valence-corrected chi connectivity index (χ3v) is 3.14. The molecule has 0 saturated heterocycles. The Balaban J connectivity index is 2.01. The molecule has 0 saturated carbocycles. The second kappa shape index (κ2) is 6.88. The number of carbonyl (C=O) groups excluding carboxylic acids is 1. The van der Waals surface area contributed by atoms with Crippen molar-refractivity contribution in [3.63, 3.8) is 0 Å². The van der Waals surface area contributed by atoms with Gasteiger partial charge in [0.1, 0.15) is 11.6 Å². The van der Waals surface area contributed by atoms with Crippen LogP contribution < -0.4 is 9.64 Å². The van der Waals surface area contributed by atoms with Crippen LogP contribution in [0.25, 0.3) is 0 Å². The molecule has 0 fully saturated rings. The van der Waals surface area contributed by atoms with Gasteiger partial charge in [0, 0.05) is 18.3 Å². The van der Waals surface area contributed by atoms with Crippen LogP contribution in [0.1, 0.15) is 17.3 Å². The number of likely N-dealkylation sites (N-methyl/N-ethyl adjacent to an activating group) is 1. The third kappa shape index (κ3) is 4.05. The first kappa shape index (κ1) is 15.0. The molecule has 2 aromatic carbocycles. The molecule has 0 bridgehead atoms. The summed E-state index contributed by atoms with van der Waals surface area (Å²) in [5, 5.41) is 0. The number of rotatable bonds is 6. The van der Waals surface area contributed by atoms with Gasteiger partial charge in [-0.05, 0) is 55.5 Å². The molecule has 0 aromatic heterocycles. The van der Waals surface area contributed by atoms with Crippen LogP contribution in [0.4, 0.5) is 10.1 Å². The molecule has 110 valence electrons. The van der Waals surface area contributed by atoms with Gasteiger partial charge in [-0.25, -0.2) is 4.39 Å². The van der Waals surface area contributed by atoms with E-state index in [9.17, 15) is 9.18 Å². The topological polar surface area (TPSA) is 29.5 Å². The quantitative estimate of drug-likeness (QED) is 0.761. The minimum atomic E-state index is -0.287. The molecule has 0 aliphatic heterocycles. The fourth-order valence-electron chi connectivity index (χ4n) is 2.00. The Morgan fingerprint density at radius 1 is 1.10 bits per heavy atom. The summed E-state index contributed by atoms with van der Waals surface area (Å²) < 4.78 is 18.2. The maximum atomic E-state index is 12.9. The van der Waals surface area contributed by atoms with Gasteiger partial charge in [0.2, 0.25) is 0 Å². The van der Waals surface area contributed by atoms with E-state index >= 15 is 0 Å². The second-order valence-electron chi connectivity index (χ2n) is 4.71. The molecule has 2 rings (SSSR count). The van der Waals surface area contributed by atoms with E-state index in [1.54, 1.807) is 48.3 Å². The second-order valence-corrected chi connectivity index (χ2v) is 4.71. The van der Waals surface area contributed by atoms with Crippen molar-refractivity contribution in [3.05, 3.63) is 59.9 Å². The minimum Gasteiger partial charge on any atom is -0.494 e. The molecule has 0 atom stereocenters. The molecule has 4 heteroatoms. The number of Topliss-reactive ketones (excluding diaryl/α,β-unsaturated/α-hetero) is 1. The smallest absolute Gasteiger partial charge is 0.182 e. The summed E-state index contributed by atoms with van der Waals surface area (Å²) in [6, 6.07) is 13.2. The Hall–Kier alpha value is -2.36. The number of carbonyl (C=O) groups is 1. The highest BCUT2D eigenvalue weighted by Gasteiger charge is 2.10. The Labute approximate surface area is 124 Å². The molecule has 0 radical (unpaired) electrons. The highest BCUT2D eigenvalue weighted by atomic mass is 19.1. The molecule has 0 unspecified atom stereocenters. The van der Waals surface area contributed by atoms with Gasteiger partial charge in [-0.1, -0.05) is 0 Å². The molecule has 21 heavy (non-hydrogen) atoms. The van der Waals surface area contributed by atoms with Crippen LogP contribution in [0.3, 0.4) is 0 Å². The standard InChI is InChI=1S/C17H18FNO2/c1-3-21-16-10-4-13(5-11-16)17(20)12-19(2)15-8-6-14(18)7-9-15/h4-11H,3,12H2,1-2H3. The van der Waals surface area contributed by atoms with Crippen molar-refractivity contribution < 1.29 is 13.9 Å². The van der Waals surface area contributed by atoms with Gasteiger partial charge < -0.3 is 9.64 Å². The van der Waals surface area contributed by atoms with Crippen LogP contribution >= 0.6 is 0 Å². The number of ketones is 1. The molecule has 0 aliphatic rings. The molecule has 0 N–H and O–H groups in total. The van der Waals surface area contributed by atoms with Crippen molar-refractivity contribution in [2.75, 3.05) is 25.1 Å². The van der Waals surface area contributed by atoms with E-state index in [0.717, 1.165) is 11.4 Å². The van der Waals surface area contributed by atoms with E-state index in [-0.39, 0.29) is 18.1 Å². The Bertz CT molecular complexity index is 593. The lowest BCUT2D eigenvalue weighted by molar-refractivity contribution is 0.100. The number of halogens is 1. The number of hydrogen-bond donors (Lipinski definition) is 0. The minimum absolute atomic E-state index is 0.00451. The van der Waals surface area contributed by atoms with Gasteiger partial charge in [-0.15, -0.1) is 0 Å². The van der Waals surface area contributed by atoms with Crippen molar-refractivity contribution in [2.24, 2.45) is 0 Å². The molecule has 0 amide bonds. The number of anilines is 1. The lowest BCUT2D eigenvalue weighted by Gasteiger charge is -2.18.